The molecule has 0 unspecified atom stereocenters. The Balaban J connectivity index is 2.16. The number of anilines is 1. The van der Waals surface area contributed by atoms with Crippen molar-refractivity contribution in [3.05, 3.63) is 59.4 Å². The maximum Gasteiger partial charge on any atom is 0.252 e. The molecule has 0 bridgehead atoms. The van der Waals surface area contributed by atoms with Gasteiger partial charge in [0.2, 0.25) is 0 Å². The van der Waals surface area contributed by atoms with E-state index in [4.69, 9.17) is 5.73 Å². The molecule has 1 heterocycles. The molecule has 1 amide bonds. The number of hydrogen-bond acceptors (Lipinski definition) is 3. The summed E-state index contributed by atoms with van der Waals surface area (Å²) in [5.41, 5.74) is 6.30. The van der Waals surface area contributed by atoms with E-state index in [1.165, 1.54) is 24.5 Å². The molecule has 2 rings (SSSR count). The fourth-order valence-electron chi connectivity index (χ4n) is 1.66. The van der Waals surface area contributed by atoms with E-state index in [0.29, 0.717) is 11.3 Å². The first-order valence-corrected chi connectivity index (χ1v) is 5.49. The van der Waals surface area contributed by atoms with Crippen molar-refractivity contribution < 1.29 is 13.6 Å². The second-order valence-corrected chi connectivity index (χ2v) is 3.92. The minimum Gasteiger partial charge on any atom is -0.380 e. The minimum absolute atomic E-state index is 0.166. The summed E-state index contributed by atoms with van der Waals surface area (Å²) in [6.45, 7) is 0.166. The second-order valence-electron chi connectivity index (χ2n) is 3.92. The van der Waals surface area contributed by atoms with Gasteiger partial charge in [-0.05, 0) is 23.8 Å². The molecule has 4 nitrogen and oxygen atoms in total. The fraction of sp³-hybridized carbons (Fsp3) is 0.0769. The normalized spacial score (nSPS) is 10.2. The molecular formula is C13H11F2N3O. The molecule has 0 radical (unpaired) electrons. The molecule has 6 heteroatoms. The average molecular weight is 263 g/mol. The van der Waals surface area contributed by atoms with Crippen molar-refractivity contribution in [1.82, 2.24) is 4.98 Å². The van der Waals surface area contributed by atoms with Crippen LogP contribution in [0.15, 0.2) is 36.7 Å². The molecule has 0 aliphatic heterocycles. The van der Waals surface area contributed by atoms with Crippen molar-refractivity contribution in [3.63, 3.8) is 0 Å². The minimum atomic E-state index is -0.651. The molecule has 1 aromatic carbocycles. The van der Waals surface area contributed by atoms with Gasteiger partial charge in [0.05, 0.1) is 11.3 Å². The molecule has 3 N–H and O–H groups in total. The van der Waals surface area contributed by atoms with Gasteiger partial charge in [-0.2, -0.15) is 0 Å². The van der Waals surface area contributed by atoms with Gasteiger partial charge in [-0.15, -0.1) is 0 Å². The Morgan fingerprint density at radius 2 is 1.95 bits per heavy atom. The van der Waals surface area contributed by atoms with Crippen LogP contribution >= 0.6 is 0 Å². The maximum atomic E-state index is 13.0. The molecular weight excluding hydrogens is 252 g/mol. The Morgan fingerprint density at radius 1 is 1.26 bits per heavy atom. The highest BCUT2D eigenvalue weighted by Gasteiger charge is 2.08. The Labute approximate surface area is 108 Å². The number of amides is 1. The molecule has 19 heavy (non-hydrogen) atoms. The smallest absolute Gasteiger partial charge is 0.252 e. The standard InChI is InChI=1S/C13H11F2N3O/c14-9-3-8(4-10(15)5-9)6-18-12-1-2-17-7-11(12)13(16)19/h1-5,7H,6H2,(H2,16,19)(H,17,18). The first kappa shape index (κ1) is 12.9. The van der Waals surface area contributed by atoms with Gasteiger partial charge in [0.1, 0.15) is 11.6 Å². The molecule has 0 spiro atoms. The largest absolute Gasteiger partial charge is 0.380 e. The lowest BCUT2D eigenvalue weighted by atomic mass is 10.2. The highest BCUT2D eigenvalue weighted by Crippen LogP contribution is 2.15. The van der Waals surface area contributed by atoms with Gasteiger partial charge in [-0.3, -0.25) is 9.78 Å². The molecule has 98 valence electrons. The number of carbonyl (C=O) groups excluding carboxylic acids is 1. The summed E-state index contributed by atoms with van der Waals surface area (Å²) in [5.74, 6) is -1.93. The van der Waals surface area contributed by atoms with Crippen LogP contribution in [0.5, 0.6) is 0 Å². The quantitative estimate of drug-likeness (QED) is 0.887. The van der Waals surface area contributed by atoms with Gasteiger partial charge < -0.3 is 11.1 Å². The van der Waals surface area contributed by atoms with Gasteiger partial charge in [-0.1, -0.05) is 0 Å². The zero-order valence-corrected chi connectivity index (χ0v) is 9.86. The van der Waals surface area contributed by atoms with E-state index in [9.17, 15) is 13.6 Å². The van der Waals surface area contributed by atoms with Gasteiger partial charge >= 0.3 is 0 Å². The summed E-state index contributed by atoms with van der Waals surface area (Å²) < 4.78 is 26.0. The third-order valence-corrected chi connectivity index (χ3v) is 2.49. The fourth-order valence-corrected chi connectivity index (χ4v) is 1.66. The predicted octanol–water partition coefficient (Wildman–Crippen LogP) is 2.07. The number of hydrogen-bond donors (Lipinski definition) is 2. The van der Waals surface area contributed by atoms with Gasteiger partial charge in [0.15, 0.2) is 0 Å². The number of benzene rings is 1. The van der Waals surface area contributed by atoms with E-state index in [0.717, 1.165) is 6.07 Å². The van der Waals surface area contributed by atoms with Crippen LogP contribution < -0.4 is 11.1 Å². The number of carbonyl (C=O) groups is 1. The SMILES string of the molecule is NC(=O)c1cnccc1NCc1cc(F)cc(F)c1. The van der Waals surface area contributed by atoms with Crippen molar-refractivity contribution in [3.8, 4) is 0 Å². The summed E-state index contributed by atoms with van der Waals surface area (Å²) in [5, 5.41) is 2.89. The zero-order valence-electron chi connectivity index (χ0n) is 9.86. The summed E-state index contributed by atoms with van der Waals surface area (Å²) in [6.07, 6.45) is 2.82. The van der Waals surface area contributed by atoms with Gasteiger partial charge in [0.25, 0.3) is 5.91 Å². The first-order valence-electron chi connectivity index (χ1n) is 5.49. The van der Waals surface area contributed by atoms with Crippen LogP contribution in [-0.4, -0.2) is 10.9 Å². The van der Waals surface area contributed by atoms with Crippen molar-refractivity contribution in [2.24, 2.45) is 5.73 Å². The maximum absolute atomic E-state index is 13.0. The summed E-state index contributed by atoms with van der Waals surface area (Å²) in [4.78, 5) is 15.0. The molecule has 2 aromatic rings. The lowest BCUT2D eigenvalue weighted by Crippen LogP contribution is -2.14. The predicted molar refractivity (Wildman–Crippen MR) is 66.4 cm³/mol. The van der Waals surface area contributed by atoms with Crippen molar-refractivity contribution in [2.45, 2.75) is 6.54 Å². The second kappa shape index (κ2) is 5.43. The van der Waals surface area contributed by atoms with E-state index in [1.54, 1.807) is 6.07 Å². The molecule has 0 aliphatic rings. The van der Waals surface area contributed by atoms with Crippen LogP contribution in [0.3, 0.4) is 0 Å². The monoisotopic (exact) mass is 263 g/mol. The number of nitrogens with one attached hydrogen (secondary N) is 1. The van der Waals surface area contributed by atoms with E-state index in [1.807, 2.05) is 0 Å². The number of aromatic nitrogens is 1. The molecule has 0 atom stereocenters. The van der Waals surface area contributed by atoms with Crippen molar-refractivity contribution in [1.29, 1.82) is 0 Å². The van der Waals surface area contributed by atoms with E-state index in [2.05, 4.69) is 10.3 Å². The van der Waals surface area contributed by atoms with Crippen molar-refractivity contribution in [2.75, 3.05) is 5.32 Å². The van der Waals surface area contributed by atoms with Crippen LogP contribution in [0.4, 0.5) is 14.5 Å². The molecule has 0 fully saturated rings. The van der Waals surface area contributed by atoms with Crippen LogP contribution in [0.2, 0.25) is 0 Å². The average Bonchev–Trinajstić information content (AvgIpc) is 2.35. The van der Waals surface area contributed by atoms with E-state index >= 15 is 0 Å². The Morgan fingerprint density at radius 3 is 2.58 bits per heavy atom. The molecule has 0 saturated heterocycles. The topological polar surface area (TPSA) is 68.0 Å². The van der Waals surface area contributed by atoms with E-state index < -0.39 is 17.5 Å². The zero-order chi connectivity index (χ0) is 13.8. The number of rotatable bonds is 4. The molecule has 0 saturated carbocycles. The van der Waals surface area contributed by atoms with Crippen LogP contribution in [0.1, 0.15) is 15.9 Å². The molecule has 1 aromatic heterocycles. The first-order chi connectivity index (χ1) is 9.06. The Bertz CT molecular complexity index is 596. The van der Waals surface area contributed by atoms with Crippen LogP contribution in [0, 0.1) is 11.6 Å². The van der Waals surface area contributed by atoms with Crippen LogP contribution in [0.25, 0.3) is 0 Å². The highest BCUT2D eigenvalue weighted by molar-refractivity contribution is 5.98. The summed E-state index contributed by atoms with van der Waals surface area (Å²) in [6, 6.07) is 4.78. The Kier molecular flexibility index (Phi) is 3.70. The third-order valence-electron chi connectivity index (χ3n) is 2.49. The number of halogens is 2. The highest BCUT2D eigenvalue weighted by atomic mass is 19.1. The lowest BCUT2D eigenvalue weighted by Gasteiger charge is -2.09. The number of pyridine rings is 1. The summed E-state index contributed by atoms with van der Waals surface area (Å²) >= 11 is 0. The number of nitrogens with two attached hydrogens (primary N) is 1. The third kappa shape index (κ3) is 3.25. The van der Waals surface area contributed by atoms with Gasteiger partial charge in [-0.25, -0.2) is 8.78 Å². The van der Waals surface area contributed by atoms with Gasteiger partial charge in [0, 0.05) is 25.0 Å². The summed E-state index contributed by atoms with van der Waals surface area (Å²) in [7, 11) is 0. The number of nitrogens with zero attached hydrogens (tertiary/aromatic N) is 1. The van der Waals surface area contributed by atoms with Crippen LogP contribution in [-0.2, 0) is 6.54 Å². The van der Waals surface area contributed by atoms with Crippen molar-refractivity contribution >= 4 is 11.6 Å². The Hall–Kier alpha value is -2.50. The van der Waals surface area contributed by atoms with E-state index in [-0.39, 0.29) is 12.1 Å². The lowest BCUT2D eigenvalue weighted by molar-refractivity contribution is 0.100. The number of primary amides is 1. The molecule has 0 aliphatic carbocycles.